The smallest absolute Gasteiger partial charge is 0.162 e. The summed E-state index contributed by atoms with van der Waals surface area (Å²) < 4.78 is 26.3. The fourth-order valence-corrected chi connectivity index (χ4v) is 3.34. The summed E-state index contributed by atoms with van der Waals surface area (Å²) in [4.78, 5) is 0. The van der Waals surface area contributed by atoms with Crippen LogP contribution in [0.4, 0.5) is 4.39 Å². The molecule has 0 unspecified atom stereocenters. The third-order valence-electron chi connectivity index (χ3n) is 4.17. The first-order chi connectivity index (χ1) is 14.0. The molecule has 0 atom stereocenters. The summed E-state index contributed by atoms with van der Waals surface area (Å²) in [6.07, 6.45) is 1.72. The highest BCUT2D eigenvalue weighted by atomic mass is 79.9. The molecule has 0 amide bonds. The van der Waals surface area contributed by atoms with Crippen molar-refractivity contribution >= 4 is 43.5 Å². The molecule has 0 saturated heterocycles. The number of hydrogen-bond acceptors (Lipinski definition) is 3. The van der Waals surface area contributed by atoms with E-state index in [4.69, 9.17) is 9.47 Å². The van der Waals surface area contributed by atoms with Crippen molar-refractivity contribution in [3.05, 3.63) is 92.1 Å². The van der Waals surface area contributed by atoms with Crippen LogP contribution in [0, 0.1) is 17.1 Å². The van der Waals surface area contributed by atoms with Crippen LogP contribution in [0.15, 0.2) is 69.6 Å². The Kier molecular flexibility index (Phi) is 7.08. The average molecular weight is 517 g/mol. The van der Waals surface area contributed by atoms with Crippen LogP contribution in [0.25, 0.3) is 11.6 Å². The number of allylic oxidation sites excluding steroid dienone is 1. The Morgan fingerprint density at radius 1 is 1.03 bits per heavy atom. The van der Waals surface area contributed by atoms with Gasteiger partial charge < -0.3 is 9.47 Å². The molecule has 0 aliphatic heterocycles. The van der Waals surface area contributed by atoms with Gasteiger partial charge in [-0.1, -0.05) is 56.1 Å². The lowest BCUT2D eigenvalue weighted by atomic mass is 10.0. The first-order valence-corrected chi connectivity index (χ1v) is 10.2. The molecule has 3 aromatic carbocycles. The van der Waals surface area contributed by atoms with Gasteiger partial charge in [0.05, 0.1) is 18.8 Å². The zero-order chi connectivity index (χ0) is 20.8. The van der Waals surface area contributed by atoms with Gasteiger partial charge in [0.25, 0.3) is 0 Å². The highest BCUT2D eigenvalue weighted by molar-refractivity contribution is 9.10. The molecule has 0 spiro atoms. The Balaban J connectivity index is 1.88. The second kappa shape index (κ2) is 9.73. The minimum absolute atomic E-state index is 0.346. The third-order valence-corrected chi connectivity index (χ3v) is 5.38. The van der Waals surface area contributed by atoms with Crippen molar-refractivity contribution in [1.29, 1.82) is 5.26 Å². The molecule has 29 heavy (non-hydrogen) atoms. The Morgan fingerprint density at radius 2 is 1.72 bits per heavy atom. The van der Waals surface area contributed by atoms with Crippen molar-refractivity contribution in [1.82, 2.24) is 0 Å². The molecule has 3 nitrogen and oxygen atoms in total. The first-order valence-electron chi connectivity index (χ1n) is 8.62. The lowest BCUT2D eigenvalue weighted by Gasteiger charge is -2.13. The summed E-state index contributed by atoms with van der Waals surface area (Å²) in [6, 6.07) is 19.4. The van der Waals surface area contributed by atoms with Crippen molar-refractivity contribution in [2.24, 2.45) is 0 Å². The summed E-state index contributed by atoms with van der Waals surface area (Å²) in [7, 11) is 1.56. The molecule has 0 aromatic heterocycles. The van der Waals surface area contributed by atoms with Crippen molar-refractivity contribution in [3.8, 4) is 17.6 Å². The predicted molar refractivity (Wildman–Crippen MR) is 119 cm³/mol. The number of nitrogens with zero attached hydrogens (tertiary/aromatic N) is 1. The van der Waals surface area contributed by atoms with Crippen LogP contribution in [-0.2, 0) is 6.61 Å². The monoisotopic (exact) mass is 515 g/mol. The van der Waals surface area contributed by atoms with Gasteiger partial charge in [0, 0.05) is 8.95 Å². The van der Waals surface area contributed by atoms with E-state index in [-0.39, 0.29) is 5.82 Å². The third kappa shape index (κ3) is 5.47. The number of halogens is 3. The number of hydrogen-bond donors (Lipinski definition) is 0. The lowest BCUT2D eigenvalue weighted by Crippen LogP contribution is -1.98. The maximum Gasteiger partial charge on any atom is 0.162 e. The highest BCUT2D eigenvalue weighted by Gasteiger charge is 2.11. The van der Waals surface area contributed by atoms with E-state index in [1.165, 1.54) is 12.1 Å². The number of methoxy groups -OCH3 is 1. The van der Waals surface area contributed by atoms with Gasteiger partial charge in [0.2, 0.25) is 0 Å². The maximum atomic E-state index is 13.2. The highest BCUT2D eigenvalue weighted by Crippen LogP contribution is 2.36. The van der Waals surface area contributed by atoms with E-state index < -0.39 is 0 Å². The van der Waals surface area contributed by atoms with Gasteiger partial charge in [-0.15, -0.1) is 0 Å². The van der Waals surface area contributed by atoms with Crippen LogP contribution in [0.1, 0.15) is 16.7 Å². The molecular weight excluding hydrogens is 501 g/mol. The topological polar surface area (TPSA) is 42.2 Å². The van der Waals surface area contributed by atoms with E-state index >= 15 is 0 Å². The van der Waals surface area contributed by atoms with Crippen molar-refractivity contribution in [3.63, 3.8) is 0 Å². The van der Waals surface area contributed by atoms with E-state index in [0.717, 1.165) is 20.1 Å². The zero-order valence-electron chi connectivity index (χ0n) is 15.5. The predicted octanol–water partition coefficient (Wildman–Crippen LogP) is 7.00. The second-order valence-electron chi connectivity index (χ2n) is 6.12. The zero-order valence-corrected chi connectivity index (χ0v) is 18.6. The summed E-state index contributed by atoms with van der Waals surface area (Å²) in [5.41, 5.74) is 2.82. The molecule has 0 aliphatic rings. The van der Waals surface area contributed by atoms with Gasteiger partial charge >= 0.3 is 0 Å². The van der Waals surface area contributed by atoms with E-state index in [2.05, 4.69) is 37.9 Å². The van der Waals surface area contributed by atoms with Crippen LogP contribution in [0.2, 0.25) is 0 Å². The van der Waals surface area contributed by atoms with Crippen LogP contribution < -0.4 is 9.47 Å². The number of benzene rings is 3. The average Bonchev–Trinajstić information content (AvgIpc) is 2.73. The van der Waals surface area contributed by atoms with E-state index in [9.17, 15) is 9.65 Å². The van der Waals surface area contributed by atoms with E-state index in [1.54, 1.807) is 31.4 Å². The fourth-order valence-electron chi connectivity index (χ4n) is 2.64. The molecule has 3 aromatic rings. The largest absolute Gasteiger partial charge is 0.493 e. The molecule has 0 aliphatic carbocycles. The van der Waals surface area contributed by atoms with Crippen LogP contribution in [-0.4, -0.2) is 7.11 Å². The van der Waals surface area contributed by atoms with Gasteiger partial charge in [0.1, 0.15) is 12.4 Å². The summed E-state index contributed by atoms with van der Waals surface area (Å²) in [6.45, 7) is 0.393. The van der Waals surface area contributed by atoms with Crippen molar-refractivity contribution < 1.29 is 13.9 Å². The van der Waals surface area contributed by atoms with E-state index in [1.807, 2.05) is 30.3 Å². The van der Waals surface area contributed by atoms with Gasteiger partial charge in [-0.2, -0.15) is 5.26 Å². The molecule has 0 heterocycles. The van der Waals surface area contributed by atoms with Crippen molar-refractivity contribution in [2.45, 2.75) is 6.61 Å². The quantitative estimate of drug-likeness (QED) is 0.261. The molecule has 0 bridgehead atoms. The maximum absolute atomic E-state index is 13.2. The van der Waals surface area contributed by atoms with E-state index in [0.29, 0.717) is 29.2 Å². The molecular formula is C23H16Br2FNO2. The van der Waals surface area contributed by atoms with Gasteiger partial charge in [-0.05, 0) is 59.2 Å². The molecule has 0 N–H and O–H groups in total. The minimum atomic E-state index is -0.346. The standard InChI is InChI=1S/C23H16Br2FNO2/c1-28-22-11-17(10-18(13-27)16-4-8-20(26)9-5-16)21(25)12-23(22)29-14-15-2-6-19(24)7-3-15/h2-12H,14H2,1H3. The van der Waals surface area contributed by atoms with Gasteiger partial charge in [-0.3, -0.25) is 0 Å². The van der Waals surface area contributed by atoms with Crippen molar-refractivity contribution in [2.75, 3.05) is 7.11 Å². The number of ether oxygens (including phenoxy) is 2. The molecule has 0 fully saturated rings. The molecule has 146 valence electrons. The molecule has 6 heteroatoms. The van der Waals surface area contributed by atoms with Gasteiger partial charge in [-0.25, -0.2) is 4.39 Å². The van der Waals surface area contributed by atoms with Crippen LogP contribution in [0.3, 0.4) is 0 Å². The first kappa shape index (κ1) is 21.1. The molecule has 3 rings (SSSR count). The van der Waals surface area contributed by atoms with Gasteiger partial charge in [0.15, 0.2) is 11.5 Å². The van der Waals surface area contributed by atoms with Crippen LogP contribution in [0.5, 0.6) is 11.5 Å². The second-order valence-corrected chi connectivity index (χ2v) is 7.89. The summed E-state index contributed by atoms with van der Waals surface area (Å²) >= 11 is 6.95. The number of rotatable bonds is 6. The summed E-state index contributed by atoms with van der Waals surface area (Å²) in [5.74, 6) is 0.786. The molecule has 0 radical (unpaired) electrons. The normalized spacial score (nSPS) is 11.1. The Bertz CT molecular complexity index is 1070. The Labute approximate surface area is 185 Å². The lowest BCUT2D eigenvalue weighted by molar-refractivity contribution is 0.284. The Hall–Kier alpha value is -2.62. The Morgan fingerprint density at radius 3 is 2.34 bits per heavy atom. The SMILES string of the molecule is COc1cc(C=C(C#N)c2ccc(F)cc2)c(Br)cc1OCc1ccc(Br)cc1. The van der Waals surface area contributed by atoms with Crippen LogP contribution >= 0.6 is 31.9 Å². The number of nitriles is 1. The summed E-state index contributed by atoms with van der Waals surface area (Å²) in [5, 5.41) is 9.53. The minimum Gasteiger partial charge on any atom is -0.493 e. The molecule has 0 saturated carbocycles. The fraction of sp³-hybridized carbons (Fsp3) is 0.0870.